The molecule has 0 bridgehead atoms. The summed E-state index contributed by atoms with van der Waals surface area (Å²) in [5.41, 5.74) is 9.54. The molecule has 3 rings (SSSR count). The van der Waals surface area contributed by atoms with E-state index in [0.717, 1.165) is 5.56 Å². The second-order valence-electron chi connectivity index (χ2n) is 10.3. The van der Waals surface area contributed by atoms with Crippen LogP contribution in [-0.2, 0) is 39.9 Å². The first-order valence-electron chi connectivity index (χ1n) is 13.9. The van der Waals surface area contributed by atoms with Crippen molar-refractivity contribution in [1.29, 1.82) is 0 Å². The number of carboxylic acids is 1. The summed E-state index contributed by atoms with van der Waals surface area (Å²) in [6, 6.07) is 6.73. The number of carbonyl (C=O) groups excluding carboxylic acids is 5. The van der Waals surface area contributed by atoms with Crippen LogP contribution in [0.25, 0.3) is 0 Å². The molecule has 1 aromatic rings. The van der Waals surface area contributed by atoms with Crippen LogP contribution < -0.4 is 38.1 Å². The predicted molar refractivity (Wildman–Crippen MR) is 152 cm³/mol. The molecule has 1 saturated heterocycles. The second-order valence-corrected chi connectivity index (χ2v) is 10.3. The molecular weight excluding hydrogens is 564 g/mol. The topological polar surface area (TPSA) is 256 Å². The summed E-state index contributed by atoms with van der Waals surface area (Å²) < 4.78 is 5.45. The Bertz CT molecular complexity index is 1220. The number of aliphatic carboxylic acids is 1. The molecule has 1 heterocycles. The van der Waals surface area contributed by atoms with Crippen LogP contribution in [0.5, 0.6) is 0 Å². The zero-order valence-electron chi connectivity index (χ0n) is 23.6. The van der Waals surface area contributed by atoms with E-state index < -0.39 is 65.6 Å². The number of benzene rings is 1. The first-order valence-corrected chi connectivity index (χ1v) is 13.9. The summed E-state index contributed by atoms with van der Waals surface area (Å²) in [5.74, 6) is -6.03. The third-order valence-corrected chi connectivity index (χ3v) is 6.97. The first-order chi connectivity index (χ1) is 20.5. The highest BCUT2D eigenvalue weighted by Crippen LogP contribution is 2.44. The number of nitrogens with two attached hydrogens (primary N) is 2. The lowest BCUT2D eigenvalue weighted by molar-refractivity contribution is -0.142. The Balaban J connectivity index is 1.79. The molecule has 234 valence electrons. The Labute approximate surface area is 247 Å². The summed E-state index contributed by atoms with van der Waals surface area (Å²) in [6.45, 7) is -0.207. The van der Waals surface area contributed by atoms with Gasteiger partial charge < -0.3 is 47.9 Å². The number of guanidine groups is 1. The zero-order valence-corrected chi connectivity index (χ0v) is 23.6. The molecule has 1 unspecified atom stereocenters. The standard InChI is InChI=1S/C27H38N8O8/c28-26(29)31-9-4-7-18-22(38)30-10-12-43-11-8-20(36)34-19(13-16-5-2-1-3-6-16)23(39)35-27(14-17(27)24(40)41)25(42)32-15-21(37)33-18/h1-3,5-6,17-19H,4,7-15H2,(H,30,38)(H,32,42)(H,33,37)(H,34,36)(H,35,39)(H,40,41)(H4,28,29,31)/t17?,18-,19+,27+/m0/s1. The van der Waals surface area contributed by atoms with Crippen molar-refractivity contribution in [1.82, 2.24) is 26.6 Å². The quantitative estimate of drug-likeness (QED) is 0.0884. The minimum absolute atomic E-state index is 0.00646. The lowest BCUT2D eigenvalue weighted by atomic mass is 10.0. The summed E-state index contributed by atoms with van der Waals surface area (Å²) in [6.07, 6.45) is 0.297. The molecule has 16 nitrogen and oxygen atoms in total. The minimum Gasteiger partial charge on any atom is -0.481 e. The molecule has 2 fully saturated rings. The molecule has 1 aliphatic heterocycles. The molecule has 5 amide bonds. The summed E-state index contributed by atoms with van der Waals surface area (Å²) in [4.78, 5) is 80.5. The van der Waals surface area contributed by atoms with E-state index in [1.807, 2.05) is 0 Å². The number of aliphatic imine (C=N–C) groups is 1. The molecule has 1 saturated carbocycles. The van der Waals surface area contributed by atoms with Gasteiger partial charge in [0.15, 0.2) is 5.96 Å². The van der Waals surface area contributed by atoms with E-state index in [-0.39, 0.29) is 57.9 Å². The minimum atomic E-state index is -1.83. The van der Waals surface area contributed by atoms with Crippen LogP contribution in [0.3, 0.4) is 0 Å². The maximum Gasteiger partial charge on any atom is 0.309 e. The van der Waals surface area contributed by atoms with Crippen LogP contribution in [0.15, 0.2) is 35.3 Å². The van der Waals surface area contributed by atoms with E-state index in [4.69, 9.17) is 16.2 Å². The van der Waals surface area contributed by atoms with Crippen molar-refractivity contribution in [2.75, 3.05) is 32.8 Å². The van der Waals surface area contributed by atoms with Gasteiger partial charge in [-0.2, -0.15) is 0 Å². The third-order valence-electron chi connectivity index (χ3n) is 6.97. The Kier molecular flexibility index (Phi) is 11.8. The Morgan fingerprint density at radius 3 is 2.37 bits per heavy atom. The number of nitrogens with zero attached hydrogens (tertiary/aromatic N) is 1. The van der Waals surface area contributed by atoms with Crippen molar-refractivity contribution in [2.24, 2.45) is 22.4 Å². The fourth-order valence-electron chi connectivity index (χ4n) is 4.61. The zero-order chi connectivity index (χ0) is 31.4. The van der Waals surface area contributed by atoms with Gasteiger partial charge in [0.1, 0.15) is 17.6 Å². The number of amides is 5. The number of ether oxygens (including phenoxy) is 1. The van der Waals surface area contributed by atoms with E-state index in [2.05, 4.69) is 31.6 Å². The Hall–Kier alpha value is -4.73. The fraction of sp³-hybridized carbons (Fsp3) is 0.519. The van der Waals surface area contributed by atoms with Crippen LogP contribution in [0, 0.1) is 5.92 Å². The molecule has 10 N–H and O–H groups in total. The van der Waals surface area contributed by atoms with Crippen molar-refractivity contribution in [3.8, 4) is 0 Å². The second kappa shape index (κ2) is 15.5. The number of carboxylic acid groups (broad SMARTS) is 1. The summed E-state index contributed by atoms with van der Waals surface area (Å²) in [5, 5.41) is 22.4. The largest absolute Gasteiger partial charge is 0.481 e. The predicted octanol–water partition coefficient (Wildman–Crippen LogP) is -3.14. The van der Waals surface area contributed by atoms with Crippen LogP contribution in [0.1, 0.15) is 31.2 Å². The van der Waals surface area contributed by atoms with Gasteiger partial charge in [0, 0.05) is 25.9 Å². The summed E-state index contributed by atoms with van der Waals surface area (Å²) in [7, 11) is 0. The Morgan fingerprint density at radius 2 is 1.70 bits per heavy atom. The number of hydrogen-bond acceptors (Lipinski definition) is 8. The van der Waals surface area contributed by atoms with E-state index >= 15 is 0 Å². The molecule has 1 spiro atoms. The number of carbonyl (C=O) groups is 6. The fourth-order valence-corrected chi connectivity index (χ4v) is 4.61. The smallest absolute Gasteiger partial charge is 0.309 e. The lowest BCUT2D eigenvalue weighted by Gasteiger charge is -2.24. The van der Waals surface area contributed by atoms with Crippen LogP contribution >= 0.6 is 0 Å². The highest BCUT2D eigenvalue weighted by atomic mass is 16.5. The van der Waals surface area contributed by atoms with E-state index in [9.17, 15) is 33.9 Å². The lowest BCUT2D eigenvalue weighted by Crippen LogP contribution is -2.58. The molecular formula is C27H38N8O8. The van der Waals surface area contributed by atoms with Crippen molar-refractivity contribution >= 4 is 41.5 Å². The van der Waals surface area contributed by atoms with Gasteiger partial charge >= 0.3 is 5.97 Å². The van der Waals surface area contributed by atoms with Crippen molar-refractivity contribution in [3.05, 3.63) is 35.9 Å². The van der Waals surface area contributed by atoms with Crippen molar-refractivity contribution < 1.29 is 38.6 Å². The van der Waals surface area contributed by atoms with Gasteiger partial charge in [0.2, 0.25) is 29.5 Å². The molecule has 43 heavy (non-hydrogen) atoms. The van der Waals surface area contributed by atoms with Crippen LogP contribution in [0.2, 0.25) is 0 Å². The molecule has 4 atom stereocenters. The maximum atomic E-state index is 13.4. The third kappa shape index (κ3) is 9.95. The van der Waals surface area contributed by atoms with Gasteiger partial charge in [0.25, 0.3) is 0 Å². The van der Waals surface area contributed by atoms with Gasteiger partial charge in [-0.25, -0.2) is 0 Å². The van der Waals surface area contributed by atoms with Crippen LogP contribution in [-0.4, -0.2) is 97.0 Å². The normalized spacial score (nSPS) is 25.9. The summed E-state index contributed by atoms with van der Waals surface area (Å²) >= 11 is 0. The maximum absolute atomic E-state index is 13.4. The molecule has 1 aromatic carbocycles. The molecule has 0 aromatic heterocycles. The van der Waals surface area contributed by atoms with Crippen molar-refractivity contribution in [2.45, 2.75) is 49.7 Å². The molecule has 16 heteroatoms. The molecule has 1 aliphatic carbocycles. The number of hydrogen-bond donors (Lipinski definition) is 8. The highest BCUT2D eigenvalue weighted by Gasteiger charge is 2.65. The van der Waals surface area contributed by atoms with Crippen LogP contribution in [0.4, 0.5) is 0 Å². The van der Waals surface area contributed by atoms with Gasteiger partial charge in [-0.1, -0.05) is 30.3 Å². The average Bonchev–Trinajstić information content (AvgIpc) is 3.70. The SMILES string of the molecule is NC(N)=NCCC[C@@H]1NC(=O)CNC(=O)[C@]2(CC2C(=O)O)NC(=O)[C@@H](Cc2ccccc2)NC(=O)CCOCCNC1=O. The number of rotatable bonds is 7. The van der Waals surface area contributed by atoms with Crippen molar-refractivity contribution in [3.63, 3.8) is 0 Å². The van der Waals surface area contributed by atoms with Gasteiger partial charge in [0.05, 0.1) is 25.7 Å². The van der Waals surface area contributed by atoms with E-state index in [1.54, 1.807) is 30.3 Å². The molecule has 0 radical (unpaired) electrons. The van der Waals surface area contributed by atoms with Gasteiger partial charge in [-0.05, 0) is 24.8 Å². The van der Waals surface area contributed by atoms with Gasteiger partial charge in [-0.3, -0.25) is 33.8 Å². The first kappa shape index (κ1) is 32.8. The monoisotopic (exact) mass is 602 g/mol. The molecule has 2 aliphatic rings. The highest BCUT2D eigenvalue weighted by molar-refractivity contribution is 6.03. The number of nitrogens with one attached hydrogen (secondary N) is 5. The van der Waals surface area contributed by atoms with Gasteiger partial charge in [-0.15, -0.1) is 0 Å². The van der Waals surface area contributed by atoms with E-state index in [1.165, 1.54) is 0 Å². The Morgan fingerprint density at radius 1 is 0.977 bits per heavy atom. The average molecular weight is 603 g/mol. The van der Waals surface area contributed by atoms with E-state index in [0.29, 0.717) is 6.42 Å².